The van der Waals surface area contributed by atoms with Crippen LogP contribution in [0.5, 0.6) is 0 Å². The average molecular weight is 789 g/mol. The monoisotopic (exact) mass is 789 g/mol. The van der Waals surface area contributed by atoms with Gasteiger partial charge in [-0.25, -0.2) is 4.57 Å². The Labute approximate surface area is 329 Å². The Morgan fingerprint density at radius 2 is 0.759 bits per heavy atom. The molecule has 0 radical (unpaired) electrons. The van der Waals surface area contributed by atoms with E-state index >= 15 is 0 Å². The topological polar surface area (TPSA) is 149 Å². The lowest BCUT2D eigenvalue weighted by molar-refractivity contribution is -0.153. The van der Waals surface area contributed by atoms with Crippen molar-refractivity contribution < 1.29 is 47.8 Å². The molecule has 318 valence electrons. The van der Waals surface area contributed by atoms with Gasteiger partial charge in [0.25, 0.3) is 0 Å². The molecule has 3 unspecified atom stereocenters. The minimum absolute atomic E-state index is 0.183. The maximum absolute atomic E-state index is 12.3. The number of phosphoric acid groups is 1. The highest BCUT2D eigenvalue weighted by Gasteiger charge is 2.27. The molecule has 0 saturated carbocycles. The number of phosphoric ester groups is 1. The largest absolute Gasteiger partial charge is 0.472 e. The summed E-state index contributed by atoms with van der Waals surface area (Å²) in [5.41, 5.74) is 0. The molecule has 0 aliphatic carbocycles. The van der Waals surface area contributed by atoms with E-state index in [-0.39, 0.29) is 12.8 Å². The number of carbonyl (C=O) groups excluding carboxylic acids is 2. The first kappa shape index (κ1) is 52.5. The van der Waals surface area contributed by atoms with Crippen molar-refractivity contribution in [2.45, 2.75) is 212 Å². The first-order chi connectivity index (χ1) is 26.3. The number of unbranched alkanes of at least 4 members (excludes halogenated alkanes) is 23. The van der Waals surface area contributed by atoms with E-state index in [4.69, 9.17) is 18.5 Å². The lowest BCUT2D eigenvalue weighted by Crippen LogP contribution is -2.28. The zero-order chi connectivity index (χ0) is 39.8. The number of rotatable bonds is 41. The fourth-order valence-electron chi connectivity index (χ4n) is 5.99. The van der Waals surface area contributed by atoms with Gasteiger partial charge in [-0.05, 0) is 64.2 Å². The van der Waals surface area contributed by atoms with E-state index < -0.39 is 58.4 Å². The number of esters is 2. The maximum atomic E-state index is 12.3. The fraction of sp³-hybridized carbons (Fsp3) is 0.860. The van der Waals surface area contributed by atoms with Crippen LogP contribution in [0.15, 0.2) is 24.3 Å². The third-order valence-corrected chi connectivity index (χ3v) is 10.3. The van der Waals surface area contributed by atoms with Gasteiger partial charge >= 0.3 is 19.8 Å². The zero-order valence-electron chi connectivity index (χ0n) is 34.4. The molecule has 0 aliphatic heterocycles. The quantitative estimate of drug-likeness (QED) is 0.0236. The van der Waals surface area contributed by atoms with Gasteiger partial charge in [-0.15, -0.1) is 0 Å². The number of allylic oxidation sites excluding steroid dienone is 4. The summed E-state index contributed by atoms with van der Waals surface area (Å²) in [5, 5.41) is 19.1. The Balaban J connectivity index is 3.92. The zero-order valence-corrected chi connectivity index (χ0v) is 35.3. The van der Waals surface area contributed by atoms with E-state index in [1.165, 1.54) is 96.3 Å². The van der Waals surface area contributed by atoms with Crippen LogP contribution in [0.3, 0.4) is 0 Å². The Morgan fingerprint density at radius 3 is 1.07 bits per heavy atom. The minimum atomic E-state index is -4.63. The molecule has 0 bridgehead atoms. The maximum Gasteiger partial charge on any atom is 0.472 e. The van der Waals surface area contributed by atoms with Crippen LogP contribution in [-0.2, 0) is 32.7 Å². The van der Waals surface area contributed by atoms with Crippen LogP contribution in [0.25, 0.3) is 0 Å². The van der Waals surface area contributed by atoms with Gasteiger partial charge in [-0.1, -0.05) is 147 Å². The first-order valence-corrected chi connectivity index (χ1v) is 23.3. The van der Waals surface area contributed by atoms with Crippen molar-refractivity contribution in [2.75, 3.05) is 26.4 Å². The molecule has 3 atom stereocenters. The summed E-state index contributed by atoms with van der Waals surface area (Å²) >= 11 is 0. The molecule has 0 amide bonds. The van der Waals surface area contributed by atoms with Gasteiger partial charge in [0.2, 0.25) is 0 Å². The van der Waals surface area contributed by atoms with Crippen LogP contribution in [0.1, 0.15) is 200 Å². The van der Waals surface area contributed by atoms with Crippen LogP contribution in [0.4, 0.5) is 0 Å². The number of hydrogen-bond acceptors (Lipinski definition) is 9. The summed E-state index contributed by atoms with van der Waals surface area (Å²) in [6.07, 6.45) is 38.6. The molecule has 54 heavy (non-hydrogen) atoms. The second-order valence-corrected chi connectivity index (χ2v) is 16.1. The molecule has 0 heterocycles. The van der Waals surface area contributed by atoms with Gasteiger partial charge in [0.15, 0.2) is 0 Å². The van der Waals surface area contributed by atoms with Gasteiger partial charge in [-0.2, -0.15) is 0 Å². The van der Waals surface area contributed by atoms with Crippen molar-refractivity contribution in [1.29, 1.82) is 0 Å². The average Bonchev–Trinajstić information content (AvgIpc) is 3.16. The van der Waals surface area contributed by atoms with E-state index in [1.807, 2.05) is 0 Å². The van der Waals surface area contributed by atoms with Crippen molar-refractivity contribution in [2.24, 2.45) is 0 Å². The number of hydrogen-bond donors (Lipinski definition) is 3. The summed E-state index contributed by atoms with van der Waals surface area (Å²) in [5.74, 6) is -1.03. The molecule has 0 fully saturated rings. The predicted molar refractivity (Wildman–Crippen MR) is 219 cm³/mol. The second kappa shape index (κ2) is 39.7. The standard InChI is InChI=1S/C43H81O10P/c1-3-5-7-9-11-13-15-17-18-19-20-21-23-25-27-29-31-33-35-43(47)53-41(37-45)39-51-54(48,49)50-38-40(36-44)52-42(46)34-32-30-28-26-24-22-16-14-12-10-8-6-4-2/h14,16,18-19,40-41,44-45H,3-13,15,17,20-39H2,1-2H3,(H,48,49)/b16-14-,19-18-. The number of aliphatic hydroxyl groups is 2. The van der Waals surface area contributed by atoms with Gasteiger partial charge in [0.05, 0.1) is 26.4 Å². The summed E-state index contributed by atoms with van der Waals surface area (Å²) in [7, 11) is -4.63. The highest BCUT2D eigenvalue weighted by atomic mass is 31.2. The Hall–Kier alpha value is -1.55. The SMILES string of the molecule is CCCCCC/C=C\CCCCCCCC(=O)OC(CO)COP(=O)(O)OCC(CO)OC(=O)CCCCCCCCC/C=C\CCCCCCCCC. The lowest BCUT2D eigenvalue weighted by atomic mass is 10.1. The van der Waals surface area contributed by atoms with Gasteiger partial charge in [-0.3, -0.25) is 18.6 Å². The van der Waals surface area contributed by atoms with Crippen molar-refractivity contribution in [3.63, 3.8) is 0 Å². The van der Waals surface area contributed by atoms with E-state index in [0.29, 0.717) is 12.8 Å². The van der Waals surface area contributed by atoms with E-state index in [2.05, 4.69) is 38.2 Å². The van der Waals surface area contributed by atoms with Crippen LogP contribution >= 0.6 is 7.82 Å². The minimum Gasteiger partial charge on any atom is -0.457 e. The van der Waals surface area contributed by atoms with Gasteiger partial charge in [0.1, 0.15) is 12.2 Å². The second-order valence-electron chi connectivity index (χ2n) is 14.7. The molecule has 0 saturated heterocycles. The Morgan fingerprint density at radius 1 is 0.481 bits per heavy atom. The van der Waals surface area contributed by atoms with Crippen molar-refractivity contribution >= 4 is 19.8 Å². The number of carbonyl (C=O) groups is 2. The third-order valence-electron chi connectivity index (χ3n) is 9.39. The molecular formula is C43H81O10P. The van der Waals surface area contributed by atoms with E-state index in [9.17, 15) is 29.3 Å². The van der Waals surface area contributed by atoms with E-state index in [0.717, 1.165) is 64.2 Å². The summed E-state index contributed by atoms with van der Waals surface area (Å²) in [6, 6.07) is 0. The Bertz CT molecular complexity index is 957. The van der Waals surface area contributed by atoms with Gasteiger partial charge < -0.3 is 24.6 Å². The molecule has 0 rings (SSSR count). The molecule has 0 spiro atoms. The van der Waals surface area contributed by atoms with Crippen LogP contribution < -0.4 is 0 Å². The summed E-state index contributed by atoms with van der Waals surface area (Å²) < 4.78 is 32.5. The van der Waals surface area contributed by atoms with Gasteiger partial charge in [0, 0.05) is 12.8 Å². The Kier molecular flexibility index (Phi) is 38.5. The molecule has 11 heteroatoms. The smallest absolute Gasteiger partial charge is 0.457 e. The molecule has 0 aromatic heterocycles. The highest BCUT2D eigenvalue weighted by molar-refractivity contribution is 7.47. The fourth-order valence-corrected chi connectivity index (χ4v) is 6.77. The van der Waals surface area contributed by atoms with Crippen LogP contribution in [-0.4, -0.2) is 65.7 Å². The lowest BCUT2D eigenvalue weighted by Gasteiger charge is -2.20. The number of aliphatic hydroxyl groups excluding tert-OH is 2. The molecule has 0 aromatic carbocycles. The number of ether oxygens (including phenoxy) is 2. The first-order valence-electron chi connectivity index (χ1n) is 21.8. The third kappa shape index (κ3) is 37.4. The molecular weight excluding hydrogens is 707 g/mol. The van der Waals surface area contributed by atoms with Crippen LogP contribution in [0.2, 0.25) is 0 Å². The van der Waals surface area contributed by atoms with Crippen molar-refractivity contribution in [1.82, 2.24) is 0 Å². The van der Waals surface area contributed by atoms with E-state index in [1.54, 1.807) is 0 Å². The van der Waals surface area contributed by atoms with Crippen LogP contribution in [0, 0.1) is 0 Å². The normalized spacial score (nSPS) is 14.1. The predicted octanol–water partition coefficient (Wildman–Crippen LogP) is 11.4. The molecule has 0 aliphatic rings. The van der Waals surface area contributed by atoms with Crippen molar-refractivity contribution in [3.8, 4) is 0 Å². The molecule has 3 N–H and O–H groups in total. The summed E-state index contributed by atoms with van der Waals surface area (Å²) in [6.45, 7) is 2.18. The van der Waals surface area contributed by atoms with Crippen molar-refractivity contribution in [3.05, 3.63) is 24.3 Å². The molecule has 10 nitrogen and oxygen atoms in total. The highest BCUT2D eigenvalue weighted by Crippen LogP contribution is 2.43. The summed E-state index contributed by atoms with van der Waals surface area (Å²) in [4.78, 5) is 34.5. The molecule has 0 aromatic rings.